The Kier molecular flexibility index (Phi) is 6.44. The smallest absolute Gasteiger partial charge is 0.408 e. The molecule has 0 saturated carbocycles. The van der Waals surface area contributed by atoms with Gasteiger partial charge in [-0.2, -0.15) is 0 Å². The normalized spacial score (nSPS) is 12.6. The van der Waals surface area contributed by atoms with E-state index in [2.05, 4.69) is 5.32 Å². The SMILES string of the molecule is CC(C)(C)OC(=O)N[C@H](COCc1c(F)cccc1F)C(=O)O. The van der Waals surface area contributed by atoms with E-state index in [0.29, 0.717) is 0 Å². The van der Waals surface area contributed by atoms with Crippen LogP contribution in [-0.4, -0.2) is 35.4 Å². The van der Waals surface area contributed by atoms with E-state index in [-0.39, 0.29) is 5.56 Å². The molecule has 1 aromatic carbocycles. The van der Waals surface area contributed by atoms with E-state index in [1.54, 1.807) is 20.8 Å². The molecule has 0 bridgehead atoms. The van der Waals surface area contributed by atoms with Crippen LogP contribution < -0.4 is 5.32 Å². The third-order valence-electron chi connectivity index (χ3n) is 2.58. The lowest BCUT2D eigenvalue weighted by Crippen LogP contribution is -2.46. The summed E-state index contributed by atoms with van der Waals surface area (Å²) in [7, 11) is 0. The van der Waals surface area contributed by atoms with Crippen molar-refractivity contribution < 1.29 is 33.0 Å². The number of carbonyl (C=O) groups is 2. The fraction of sp³-hybridized carbons (Fsp3) is 0.467. The summed E-state index contributed by atoms with van der Waals surface area (Å²) in [4.78, 5) is 22.6. The van der Waals surface area contributed by atoms with Gasteiger partial charge in [0.15, 0.2) is 6.04 Å². The number of carboxylic acid groups (broad SMARTS) is 1. The lowest BCUT2D eigenvalue weighted by molar-refractivity contribution is -0.141. The predicted molar refractivity (Wildman–Crippen MR) is 76.8 cm³/mol. The summed E-state index contributed by atoms with van der Waals surface area (Å²) >= 11 is 0. The van der Waals surface area contributed by atoms with Crippen LogP contribution in [0, 0.1) is 11.6 Å². The van der Waals surface area contributed by atoms with Crippen molar-refractivity contribution in [2.24, 2.45) is 0 Å². The van der Waals surface area contributed by atoms with Crippen molar-refractivity contribution in [3.8, 4) is 0 Å². The Balaban J connectivity index is 2.57. The summed E-state index contributed by atoms with van der Waals surface area (Å²) in [6.07, 6.45) is -0.925. The molecule has 0 heterocycles. The molecule has 0 aliphatic carbocycles. The number of carboxylic acids is 1. The number of hydrogen-bond donors (Lipinski definition) is 2. The molecule has 128 valence electrons. The molecule has 0 saturated heterocycles. The minimum Gasteiger partial charge on any atom is -0.480 e. The van der Waals surface area contributed by atoms with Crippen molar-refractivity contribution in [3.05, 3.63) is 35.4 Å². The highest BCUT2D eigenvalue weighted by Gasteiger charge is 2.24. The van der Waals surface area contributed by atoms with Crippen molar-refractivity contribution in [1.29, 1.82) is 0 Å². The molecule has 0 spiro atoms. The van der Waals surface area contributed by atoms with Gasteiger partial charge in [-0.3, -0.25) is 0 Å². The molecule has 0 unspecified atom stereocenters. The van der Waals surface area contributed by atoms with Crippen LogP contribution in [0.5, 0.6) is 0 Å². The van der Waals surface area contributed by atoms with Crippen LogP contribution in [0.3, 0.4) is 0 Å². The first kappa shape index (κ1) is 18.8. The average molecular weight is 331 g/mol. The number of carbonyl (C=O) groups excluding carboxylic acids is 1. The number of amides is 1. The highest BCUT2D eigenvalue weighted by molar-refractivity contribution is 5.80. The molecular formula is C15H19F2NO5. The second kappa shape index (κ2) is 7.87. The number of aliphatic carboxylic acids is 1. The Morgan fingerprint density at radius 2 is 1.83 bits per heavy atom. The molecule has 1 rings (SSSR count). The summed E-state index contributed by atoms with van der Waals surface area (Å²) in [5, 5.41) is 11.1. The van der Waals surface area contributed by atoms with Gasteiger partial charge in [-0.15, -0.1) is 0 Å². The first-order valence-corrected chi connectivity index (χ1v) is 6.83. The number of halogens is 2. The molecule has 6 nitrogen and oxygen atoms in total. The third-order valence-corrected chi connectivity index (χ3v) is 2.58. The molecule has 1 aromatic rings. The third kappa shape index (κ3) is 6.60. The standard InChI is InChI=1S/C15H19F2NO5/c1-15(2,3)23-14(21)18-12(13(19)20)8-22-7-9-10(16)5-4-6-11(9)17/h4-6,12H,7-8H2,1-3H3,(H,18,21)(H,19,20)/t12-/m1/s1. The zero-order valence-corrected chi connectivity index (χ0v) is 13.1. The van der Waals surface area contributed by atoms with Crippen LogP contribution in [0.25, 0.3) is 0 Å². The highest BCUT2D eigenvalue weighted by atomic mass is 19.1. The number of rotatable bonds is 6. The molecule has 0 aliphatic heterocycles. The lowest BCUT2D eigenvalue weighted by atomic mass is 10.2. The van der Waals surface area contributed by atoms with Crippen molar-refractivity contribution >= 4 is 12.1 Å². The van der Waals surface area contributed by atoms with E-state index in [1.807, 2.05) is 0 Å². The quantitative estimate of drug-likeness (QED) is 0.836. The molecule has 1 amide bonds. The van der Waals surface area contributed by atoms with Gasteiger partial charge >= 0.3 is 12.1 Å². The predicted octanol–water partition coefficient (Wildman–Crippen LogP) is 2.46. The molecule has 23 heavy (non-hydrogen) atoms. The van der Waals surface area contributed by atoms with Crippen LogP contribution in [0.4, 0.5) is 13.6 Å². The molecule has 0 aliphatic rings. The van der Waals surface area contributed by atoms with E-state index in [4.69, 9.17) is 14.6 Å². The van der Waals surface area contributed by atoms with Crippen LogP contribution in [0.2, 0.25) is 0 Å². The van der Waals surface area contributed by atoms with Crippen molar-refractivity contribution in [2.75, 3.05) is 6.61 Å². The largest absolute Gasteiger partial charge is 0.480 e. The number of benzene rings is 1. The monoisotopic (exact) mass is 331 g/mol. The van der Waals surface area contributed by atoms with Crippen molar-refractivity contribution in [1.82, 2.24) is 5.32 Å². The first-order chi connectivity index (χ1) is 10.6. The Morgan fingerprint density at radius 1 is 1.26 bits per heavy atom. The minimum atomic E-state index is -1.40. The topological polar surface area (TPSA) is 84.9 Å². The second-order valence-corrected chi connectivity index (χ2v) is 5.75. The van der Waals surface area contributed by atoms with E-state index >= 15 is 0 Å². The van der Waals surface area contributed by atoms with Gasteiger partial charge in [0.1, 0.15) is 17.2 Å². The molecule has 8 heteroatoms. The van der Waals surface area contributed by atoms with Crippen LogP contribution >= 0.6 is 0 Å². The molecule has 0 aromatic heterocycles. The molecule has 0 radical (unpaired) electrons. The van der Waals surface area contributed by atoms with Crippen molar-refractivity contribution in [3.63, 3.8) is 0 Å². The van der Waals surface area contributed by atoms with Gasteiger partial charge in [-0.1, -0.05) is 6.07 Å². The summed E-state index contributed by atoms with van der Waals surface area (Å²) in [5.74, 6) is -2.95. The molecular weight excluding hydrogens is 312 g/mol. The Morgan fingerprint density at radius 3 is 2.30 bits per heavy atom. The van der Waals surface area contributed by atoms with Gasteiger partial charge in [0.25, 0.3) is 0 Å². The number of alkyl carbamates (subject to hydrolysis) is 1. The van der Waals surface area contributed by atoms with E-state index in [0.717, 1.165) is 12.1 Å². The fourth-order valence-corrected chi connectivity index (χ4v) is 1.57. The van der Waals surface area contributed by atoms with Gasteiger partial charge in [-0.25, -0.2) is 18.4 Å². The maximum Gasteiger partial charge on any atom is 0.408 e. The van der Waals surface area contributed by atoms with Crippen LogP contribution in [0.15, 0.2) is 18.2 Å². The summed E-state index contributed by atoms with van der Waals surface area (Å²) in [5.41, 5.74) is -1.10. The number of ether oxygens (including phenoxy) is 2. The zero-order chi connectivity index (χ0) is 17.6. The van der Waals surface area contributed by atoms with E-state index in [9.17, 15) is 18.4 Å². The average Bonchev–Trinajstić information content (AvgIpc) is 2.38. The minimum absolute atomic E-state index is 0.311. The Hall–Kier alpha value is -2.22. The van der Waals surface area contributed by atoms with Gasteiger partial charge in [-0.05, 0) is 32.9 Å². The van der Waals surface area contributed by atoms with Crippen molar-refractivity contribution in [2.45, 2.75) is 39.0 Å². The second-order valence-electron chi connectivity index (χ2n) is 5.75. The molecule has 1 atom stereocenters. The van der Waals surface area contributed by atoms with Crippen LogP contribution in [-0.2, 0) is 20.9 Å². The van der Waals surface area contributed by atoms with Crippen LogP contribution in [0.1, 0.15) is 26.3 Å². The van der Waals surface area contributed by atoms with E-state index in [1.165, 1.54) is 6.07 Å². The first-order valence-electron chi connectivity index (χ1n) is 6.83. The highest BCUT2D eigenvalue weighted by Crippen LogP contribution is 2.13. The summed E-state index contributed by atoms with van der Waals surface area (Å²) in [6.45, 7) is 3.94. The maximum atomic E-state index is 13.4. The zero-order valence-electron chi connectivity index (χ0n) is 13.1. The van der Waals surface area contributed by atoms with Gasteiger partial charge < -0.3 is 19.9 Å². The number of nitrogens with one attached hydrogen (secondary N) is 1. The molecule has 2 N–H and O–H groups in total. The number of hydrogen-bond acceptors (Lipinski definition) is 4. The Labute approximate surface area is 132 Å². The maximum absolute atomic E-state index is 13.4. The summed E-state index contributed by atoms with van der Waals surface area (Å²) < 4.78 is 36.7. The van der Waals surface area contributed by atoms with E-state index < -0.39 is 48.6 Å². The fourth-order valence-electron chi connectivity index (χ4n) is 1.57. The lowest BCUT2D eigenvalue weighted by Gasteiger charge is -2.22. The summed E-state index contributed by atoms with van der Waals surface area (Å²) in [6, 6.07) is 1.93. The molecule has 0 fully saturated rings. The van der Waals surface area contributed by atoms with Gasteiger partial charge in [0.05, 0.1) is 13.2 Å². The Bertz CT molecular complexity index is 551. The van der Waals surface area contributed by atoms with Gasteiger partial charge in [0.2, 0.25) is 0 Å². The van der Waals surface area contributed by atoms with Gasteiger partial charge in [0, 0.05) is 5.56 Å².